The molecule has 1 fully saturated rings. The Morgan fingerprint density at radius 3 is 2.52 bits per heavy atom. The van der Waals surface area contributed by atoms with Crippen LogP contribution in [0.15, 0.2) is 18.2 Å². The summed E-state index contributed by atoms with van der Waals surface area (Å²) in [6, 6.07) is 5.54. The van der Waals surface area contributed by atoms with E-state index in [2.05, 4.69) is 0 Å². The van der Waals surface area contributed by atoms with Gasteiger partial charge in [0.15, 0.2) is 0 Å². The Bertz CT molecular complexity index is 715. The van der Waals surface area contributed by atoms with Crippen molar-refractivity contribution < 1.29 is 13.2 Å². The molecule has 0 radical (unpaired) electrons. The normalized spacial score (nSPS) is 15.4. The molecule has 0 aromatic heterocycles. The molecule has 1 aliphatic carbocycles. The first-order valence-corrected chi connectivity index (χ1v) is 10.9. The molecule has 7 heteroatoms. The lowest BCUT2D eigenvalue weighted by atomic mass is 10.2. The van der Waals surface area contributed by atoms with Crippen molar-refractivity contribution in [2.24, 2.45) is 0 Å². The van der Waals surface area contributed by atoms with E-state index in [0.717, 1.165) is 18.4 Å². The van der Waals surface area contributed by atoms with E-state index in [4.69, 9.17) is 11.6 Å². The van der Waals surface area contributed by atoms with Crippen LogP contribution in [0.4, 0.5) is 5.69 Å². The van der Waals surface area contributed by atoms with Crippen LogP contribution >= 0.6 is 11.6 Å². The van der Waals surface area contributed by atoms with Gasteiger partial charge in [-0.2, -0.15) is 0 Å². The lowest BCUT2D eigenvalue weighted by molar-refractivity contribution is -0.131. The first kappa shape index (κ1) is 20.0. The van der Waals surface area contributed by atoms with Gasteiger partial charge >= 0.3 is 0 Å². The van der Waals surface area contributed by atoms with Crippen molar-refractivity contribution >= 4 is 33.2 Å². The number of anilines is 1. The number of hydrogen-bond acceptors (Lipinski definition) is 3. The van der Waals surface area contributed by atoms with Gasteiger partial charge in [0.2, 0.25) is 15.9 Å². The van der Waals surface area contributed by atoms with Gasteiger partial charge in [-0.1, -0.05) is 30.5 Å². The number of sulfonamides is 1. The molecule has 1 aliphatic rings. The second kappa shape index (κ2) is 8.41. The number of nitrogens with zero attached hydrogens (tertiary/aromatic N) is 2. The van der Waals surface area contributed by atoms with E-state index >= 15 is 0 Å². The number of halogens is 1. The lowest BCUT2D eigenvalue weighted by Gasteiger charge is -2.26. The summed E-state index contributed by atoms with van der Waals surface area (Å²) in [6.45, 7) is 2.12. The molecule has 0 aliphatic heterocycles. The van der Waals surface area contributed by atoms with Gasteiger partial charge in [0.25, 0.3) is 0 Å². The summed E-state index contributed by atoms with van der Waals surface area (Å²) in [5.41, 5.74) is 1.41. The fourth-order valence-corrected chi connectivity index (χ4v) is 4.54. The molecule has 0 spiro atoms. The molecule has 0 unspecified atom stereocenters. The Hall–Kier alpha value is -1.27. The van der Waals surface area contributed by atoms with Crippen LogP contribution in [0.25, 0.3) is 0 Å². The third-order valence-electron chi connectivity index (χ3n) is 4.86. The Kier molecular flexibility index (Phi) is 6.74. The van der Waals surface area contributed by atoms with Crippen LogP contribution < -0.4 is 4.31 Å². The summed E-state index contributed by atoms with van der Waals surface area (Å²) in [4.78, 5) is 14.2. The quantitative estimate of drug-likeness (QED) is 0.719. The highest BCUT2D eigenvalue weighted by Crippen LogP contribution is 2.27. The number of carbonyl (C=O) groups is 1. The first-order chi connectivity index (χ1) is 11.7. The summed E-state index contributed by atoms with van der Waals surface area (Å²) >= 11 is 6.03. The molecule has 0 atom stereocenters. The average Bonchev–Trinajstić information content (AvgIpc) is 3.06. The van der Waals surface area contributed by atoms with Crippen LogP contribution in [0.3, 0.4) is 0 Å². The Labute approximate surface area is 156 Å². The minimum atomic E-state index is -3.44. The van der Waals surface area contributed by atoms with Crippen LogP contribution in [0.1, 0.15) is 44.1 Å². The van der Waals surface area contributed by atoms with Crippen molar-refractivity contribution in [3.05, 3.63) is 28.8 Å². The Morgan fingerprint density at radius 1 is 1.28 bits per heavy atom. The van der Waals surface area contributed by atoms with Crippen molar-refractivity contribution in [3.8, 4) is 0 Å². The summed E-state index contributed by atoms with van der Waals surface area (Å²) in [5.74, 6) is 0.0863. The summed E-state index contributed by atoms with van der Waals surface area (Å²) in [6.07, 6.45) is 6.50. The fraction of sp³-hybridized carbons (Fsp3) is 0.611. The third kappa shape index (κ3) is 5.35. The fourth-order valence-electron chi connectivity index (χ4n) is 3.36. The van der Waals surface area contributed by atoms with Crippen molar-refractivity contribution in [2.75, 3.05) is 24.2 Å². The molecule has 0 bridgehead atoms. The molecule has 25 heavy (non-hydrogen) atoms. The number of rotatable bonds is 7. The Morgan fingerprint density at radius 2 is 1.92 bits per heavy atom. The van der Waals surface area contributed by atoms with Crippen LogP contribution in [0.2, 0.25) is 5.02 Å². The maximum absolute atomic E-state index is 12.4. The number of aryl methyl sites for hydroxylation is 1. The van der Waals surface area contributed by atoms with Crippen LogP contribution in [0.5, 0.6) is 0 Å². The molecule has 5 nitrogen and oxygen atoms in total. The van der Waals surface area contributed by atoms with Gasteiger partial charge in [-0.3, -0.25) is 9.10 Å². The molecule has 1 saturated carbocycles. The van der Waals surface area contributed by atoms with Crippen LogP contribution in [-0.2, 0) is 14.8 Å². The molecular formula is C18H27ClN2O3S. The topological polar surface area (TPSA) is 57.7 Å². The van der Waals surface area contributed by atoms with E-state index in [9.17, 15) is 13.2 Å². The minimum absolute atomic E-state index is 0.0863. The molecule has 1 amide bonds. The summed E-state index contributed by atoms with van der Waals surface area (Å²) < 4.78 is 25.7. The smallest absolute Gasteiger partial charge is 0.232 e. The van der Waals surface area contributed by atoms with E-state index in [-0.39, 0.29) is 12.5 Å². The van der Waals surface area contributed by atoms with Crippen molar-refractivity contribution in [1.29, 1.82) is 0 Å². The monoisotopic (exact) mass is 386 g/mol. The predicted molar refractivity (Wildman–Crippen MR) is 103 cm³/mol. The van der Waals surface area contributed by atoms with Crippen LogP contribution in [0, 0.1) is 6.92 Å². The van der Waals surface area contributed by atoms with E-state index in [1.807, 2.05) is 18.9 Å². The molecule has 1 aromatic carbocycles. The molecule has 2 rings (SSSR count). The zero-order chi connectivity index (χ0) is 18.6. The number of amides is 1. The van der Waals surface area contributed by atoms with Gasteiger partial charge in [-0.25, -0.2) is 8.42 Å². The van der Waals surface area contributed by atoms with Gasteiger partial charge in [-0.05, 0) is 43.9 Å². The van der Waals surface area contributed by atoms with Gasteiger partial charge in [0.1, 0.15) is 0 Å². The van der Waals surface area contributed by atoms with Gasteiger partial charge in [0, 0.05) is 31.1 Å². The highest BCUT2D eigenvalue weighted by Gasteiger charge is 2.24. The van der Waals surface area contributed by atoms with Gasteiger partial charge < -0.3 is 4.90 Å². The second-order valence-corrected chi connectivity index (χ2v) is 9.16. The largest absolute Gasteiger partial charge is 0.343 e. The number of carbonyl (C=O) groups excluding carboxylic acids is 1. The maximum atomic E-state index is 12.4. The molecule has 0 heterocycles. The highest BCUT2D eigenvalue weighted by atomic mass is 35.5. The summed E-state index contributed by atoms with van der Waals surface area (Å²) in [7, 11) is -1.59. The van der Waals surface area contributed by atoms with E-state index in [1.54, 1.807) is 18.2 Å². The highest BCUT2D eigenvalue weighted by molar-refractivity contribution is 7.92. The average molecular weight is 387 g/mol. The predicted octanol–water partition coefficient (Wildman–Crippen LogP) is 3.60. The molecule has 0 saturated heterocycles. The van der Waals surface area contributed by atoms with Crippen LogP contribution in [-0.4, -0.2) is 45.1 Å². The SMILES string of the molecule is Cc1ccc(Cl)cc1N(CCCC(=O)N(C)C1CCCC1)S(C)(=O)=O. The van der Waals surface area contributed by atoms with Gasteiger partial charge in [-0.15, -0.1) is 0 Å². The molecule has 0 N–H and O–H groups in total. The Balaban J connectivity index is 2.01. The lowest BCUT2D eigenvalue weighted by Crippen LogP contribution is -2.36. The third-order valence-corrected chi connectivity index (χ3v) is 6.27. The van der Waals surface area contributed by atoms with E-state index in [0.29, 0.717) is 29.6 Å². The maximum Gasteiger partial charge on any atom is 0.232 e. The van der Waals surface area contributed by atoms with Crippen molar-refractivity contribution in [2.45, 2.75) is 51.5 Å². The molecule has 1 aromatic rings. The van der Waals surface area contributed by atoms with Crippen molar-refractivity contribution in [3.63, 3.8) is 0 Å². The molecule has 140 valence electrons. The second-order valence-electron chi connectivity index (χ2n) is 6.81. The first-order valence-electron chi connectivity index (χ1n) is 8.69. The molecular weight excluding hydrogens is 360 g/mol. The van der Waals surface area contributed by atoms with Crippen molar-refractivity contribution in [1.82, 2.24) is 4.90 Å². The number of benzene rings is 1. The zero-order valence-corrected chi connectivity index (χ0v) is 16.7. The van der Waals surface area contributed by atoms with Gasteiger partial charge in [0.05, 0.1) is 11.9 Å². The minimum Gasteiger partial charge on any atom is -0.343 e. The standard InChI is InChI=1S/C18H27ClN2O3S/c1-14-10-11-15(19)13-17(14)21(25(3,23)24)12-6-9-18(22)20(2)16-7-4-5-8-16/h10-11,13,16H,4-9,12H2,1-3H3. The van der Waals surface area contributed by atoms with E-state index in [1.165, 1.54) is 23.4 Å². The van der Waals surface area contributed by atoms with E-state index < -0.39 is 10.0 Å². The number of hydrogen-bond donors (Lipinski definition) is 0. The summed E-state index contributed by atoms with van der Waals surface area (Å²) in [5, 5.41) is 0.492. The zero-order valence-electron chi connectivity index (χ0n) is 15.2.